The summed E-state index contributed by atoms with van der Waals surface area (Å²) in [7, 11) is 0. The van der Waals surface area contributed by atoms with Gasteiger partial charge in [0.15, 0.2) is 17.5 Å². The first kappa shape index (κ1) is 32.0. The van der Waals surface area contributed by atoms with Crippen LogP contribution in [0.5, 0.6) is 0 Å². The third-order valence-corrected chi connectivity index (χ3v) is 11.1. The number of aromatic nitrogens is 3. The van der Waals surface area contributed by atoms with E-state index in [0.717, 1.165) is 49.4 Å². The van der Waals surface area contributed by atoms with Gasteiger partial charge >= 0.3 is 0 Å². The Labute approximate surface area is 324 Å². The molecule has 0 bridgehead atoms. The highest BCUT2D eigenvalue weighted by Gasteiger charge is 2.23. The van der Waals surface area contributed by atoms with Gasteiger partial charge in [0.1, 0.15) is 0 Å². The first-order valence-corrected chi connectivity index (χ1v) is 19.0. The lowest BCUT2D eigenvalue weighted by Gasteiger charge is -2.20. The van der Waals surface area contributed by atoms with E-state index < -0.39 is 0 Å². The van der Waals surface area contributed by atoms with E-state index in [-0.39, 0.29) is 0 Å². The van der Waals surface area contributed by atoms with E-state index in [2.05, 4.69) is 176 Å². The van der Waals surface area contributed by atoms with E-state index in [0.29, 0.717) is 17.5 Å². The van der Waals surface area contributed by atoms with Gasteiger partial charge in [-0.3, -0.25) is 0 Å². The summed E-state index contributed by atoms with van der Waals surface area (Å²) in [5.74, 6) is 1.92. The summed E-state index contributed by atoms with van der Waals surface area (Å²) in [6, 6.07) is 71.1. The molecule has 1 aromatic heterocycles. The Kier molecular flexibility index (Phi) is 7.49. The van der Waals surface area contributed by atoms with Gasteiger partial charge in [0.2, 0.25) is 0 Å². The van der Waals surface area contributed by atoms with Gasteiger partial charge in [-0.1, -0.05) is 194 Å². The molecular weight excluding hydrogens is 679 g/mol. The fraction of sp³-hybridized carbons (Fsp3) is 0. The van der Waals surface area contributed by atoms with Crippen molar-refractivity contribution in [3.63, 3.8) is 0 Å². The zero-order chi connectivity index (χ0) is 37.0. The van der Waals surface area contributed by atoms with E-state index in [9.17, 15) is 0 Å². The summed E-state index contributed by atoms with van der Waals surface area (Å²) in [6.07, 6.45) is 0. The zero-order valence-electron chi connectivity index (χ0n) is 30.4. The van der Waals surface area contributed by atoms with Gasteiger partial charge in [0, 0.05) is 16.7 Å². The Bertz CT molecular complexity index is 3240. The minimum atomic E-state index is 0.637. The van der Waals surface area contributed by atoms with Gasteiger partial charge in [-0.15, -0.1) is 0 Å². The molecule has 0 amide bonds. The molecule has 260 valence electrons. The minimum Gasteiger partial charge on any atom is -0.208 e. The summed E-state index contributed by atoms with van der Waals surface area (Å²) in [4.78, 5) is 15.9. The molecule has 3 heteroatoms. The molecule has 10 aromatic carbocycles. The number of benzene rings is 10. The fourth-order valence-corrected chi connectivity index (χ4v) is 8.60. The van der Waals surface area contributed by atoms with E-state index in [4.69, 9.17) is 15.0 Å². The molecule has 0 saturated carbocycles. The van der Waals surface area contributed by atoms with Crippen LogP contribution in [0.4, 0.5) is 0 Å². The lowest BCUT2D eigenvalue weighted by molar-refractivity contribution is 1.08. The number of hydrogen-bond donors (Lipinski definition) is 0. The van der Waals surface area contributed by atoms with Crippen molar-refractivity contribution in [1.82, 2.24) is 15.0 Å². The van der Waals surface area contributed by atoms with Crippen LogP contribution in [0.25, 0.3) is 110 Å². The summed E-state index contributed by atoms with van der Waals surface area (Å²) >= 11 is 0. The van der Waals surface area contributed by atoms with Crippen molar-refractivity contribution >= 4 is 53.9 Å². The maximum Gasteiger partial charge on any atom is 0.165 e. The third kappa shape index (κ3) is 5.17. The molecule has 0 N–H and O–H groups in total. The fourth-order valence-electron chi connectivity index (χ4n) is 8.60. The molecule has 11 rings (SSSR count). The van der Waals surface area contributed by atoms with Crippen molar-refractivity contribution in [3.8, 4) is 56.4 Å². The molecule has 0 saturated heterocycles. The van der Waals surface area contributed by atoms with Crippen LogP contribution in [0.1, 0.15) is 0 Å². The maximum atomic E-state index is 5.40. The molecule has 0 radical (unpaired) electrons. The maximum absolute atomic E-state index is 5.40. The second kappa shape index (κ2) is 13.1. The first-order chi connectivity index (χ1) is 27.8. The third-order valence-electron chi connectivity index (χ3n) is 11.1. The largest absolute Gasteiger partial charge is 0.208 e. The quantitative estimate of drug-likeness (QED) is 0.132. The molecule has 0 unspecified atom stereocenters. The van der Waals surface area contributed by atoms with E-state index in [1.165, 1.54) is 43.4 Å². The number of hydrogen-bond acceptors (Lipinski definition) is 3. The van der Waals surface area contributed by atoms with Crippen LogP contribution in [0.2, 0.25) is 0 Å². The van der Waals surface area contributed by atoms with E-state index in [1.54, 1.807) is 0 Å². The normalized spacial score (nSPS) is 11.6. The highest BCUT2D eigenvalue weighted by atomic mass is 15.0. The second-order valence-corrected chi connectivity index (χ2v) is 14.3. The number of fused-ring (bicyclic) bond motifs is 6. The van der Waals surface area contributed by atoms with Crippen LogP contribution >= 0.6 is 0 Å². The van der Waals surface area contributed by atoms with E-state index in [1.807, 2.05) is 24.3 Å². The molecular formula is C53H33N3. The highest BCUT2D eigenvalue weighted by molar-refractivity contribution is 6.29. The van der Waals surface area contributed by atoms with Gasteiger partial charge in [-0.25, -0.2) is 15.0 Å². The van der Waals surface area contributed by atoms with Gasteiger partial charge in [-0.05, 0) is 82.2 Å². The Morgan fingerprint density at radius 3 is 1.36 bits per heavy atom. The molecule has 0 atom stereocenters. The Hall–Kier alpha value is -7.49. The van der Waals surface area contributed by atoms with Crippen molar-refractivity contribution < 1.29 is 0 Å². The summed E-state index contributed by atoms with van der Waals surface area (Å²) in [5, 5.41) is 11.9. The molecule has 0 aliphatic heterocycles. The first-order valence-electron chi connectivity index (χ1n) is 19.0. The lowest BCUT2D eigenvalue weighted by Crippen LogP contribution is -2.02. The molecule has 0 aliphatic rings. The van der Waals surface area contributed by atoms with Crippen molar-refractivity contribution in [2.24, 2.45) is 0 Å². The molecule has 11 aromatic rings. The van der Waals surface area contributed by atoms with Crippen LogP contribution in [0, 0.1) is 0 Å². The predicted molar refractivity (Wildman–Crippen MR) is 235 cm³/mol. The van der Waals surface area contributed by atoms with Crippen molar-refractivity contribution in [2.75, 3.05) is 0 Å². The highest BCUT2D eigenvalue weighted by Crippen LogP contribution is 2.48. The lowest BCUT2D eigenvalue weighted by atomic mass is 9.83. The molecule has 0 fully saturated rings. The van der Waals surface area contributed by atoms with Crippen LogP contribution in [0.3, 0.4) is 0 Å². The molecule has 56 heavy (non-hydrogen) atoms. The van der Waals surface area contributed by atoms with E-state index >= 15 is 0 Å². The van der Waals surface area contributed by atoms with Crippen molar-refractivity contribution in [2.45, 2.75) is 0 Å². The Balaban J connectivity index is 1.26. The average molecular weight is 712 g/mol. The number of nitrogens with zero attached hydrogens (tertiary/aromatic N) is 3. The minimum absolute atomic E-state index is 0.637. The standard InChI is InChI=1S/C53H33N3/c1-3-17-34(18-4-1)38-23-11-16-30-46(38)52-54-51(36-20-5-2-6-21-36)55-53(56-52)50-43-28-14-12-26-41(43)49(42-27-13-15-29-44(42)50)48-40-25-10-8-22-37(40)33-47-39-24-9-7-19-35(39)31-32-45(47)48/h1-33H. The van der Waals surface area contributed by atoms with Crippen LogP contribution < -0.4 is 0 Å². The SMILES string of the molecule is c1ccc(-c2nc(-c3ccccc3-c3ccccc3)nc(-c3c4ccccc4c(-c4c5ccccc5cc5c4ccc4ccccc45)c4ccccc34)n2)cc1. The Morgan fingerprint density at radius 1 is 0.232 bits per heavy atom. The summed E-state index contributed by atoms with van der Waals surface area (Å²) < 4.78 is 0. The van der Waals surface area contributed by atoms with Gasteiger partial charge in [-0.2, -0.15) is 0 Å². The van der Waals surface area contributed by atoms with Crippen LogP contribution in [-0.2, 0) is 0 Å². The topological polar surface area (TPSA) is 38.7 Å². The van der Waals surface area contributed by atoms with Gasteiger partial charge < -0.3 is 0 Å². The average Bonchev–Trinajstić information content (AvgIpc) is 3.28. The van der Waals surface area contributed by atoms with Crippen LogP contribution in [0.15, 0.2) is 200 Å². The molecule has 0 aliphatic carbocycles. The summed E-state index contributed by atoms with van der Waals surface area (Å²) in [5.41, 5.74) is 7.53. The molecule has 3 nitrogen and oxygen atoms in total. The monoisotopic (exact) mass is 711 g/mol. The van der Waals surface area contributed by atoms with Crippen molar-refractivity contribution in [3.05, 3.63) is 200 Å². The zero-order valence-corrected chi connectivity index (χ0v) is 30.4. The Morgan fingerprint density at radius 2 is 0.679 bits per heavy atom. The van der Waals surface area contributed by atoms with Gasteiger partial charge in [0.25, 0.3) is 0 Å². The second-order valence-electron chi connectivity index (χ2n) is 14.3. The molecule has 1 heterocycles. The number of rotatable bonds is 5. The smallest absolute Gasteiger partial charge is 0.165 e. The van der Waals surface area contributed by atoms with Gasteiger partial charge in [0.05, 0.1) is 0 Å². The summed E-state index contributed by atoms with van der Waals surface area (Å²) in [6.45, 7) is 0. The molecule has 0 spiro atoms. The predicted octanol–water partition coefficient (Wildman–Crippen LogP) is 14.0. The van der Waals surface area contributed by atoms with Crippen LogP contribution in [-0.4, -0.2) is 15.0 Å². The van der Waals surface area contributed by atoms with Crippen molar-refractivity contribution in [1.29, 1.82) is 0 Å².